The summed E-state index contributed by atoms with van der Waals surface area (Å²) in [4.78, 5) is 25.5. The van der Waals surface area contributed by atoms with E-state index < -0.39 is 0 Å². The number of pyridine rings is 1. The molecule has 56 heavy (non-hydrogen) atoms. The lowest BCUT2D eigenvalue weighted by atomic mass is 9.91. The smallest absolute Gasteiger partial charge is 0.167 e. The van der Waals surface area contributed by atoms with Gasteiger partial charge in [0.05, 0.1) is 16.9 Å². The number of nitrogens with zero attached hydrogens (tertiary/aromatic N) is 5. The van der Waals surface area contributed by atoms with Gasteiger partial charge in [-0.25, -0.2) is 19.9 Å². The molecule has 0 unspecified atom stereocenters. The number of para-hydroxylation sites is 2. The zero-order valence-electron chi connectivity index (χ0n) is 30.2. The molecule has 10 rings (SSSR count). The summed E-state index contributed by atoms with van der Waals surface area (Å²) in [5, 5.41) is 0. The second-order valence-corrected chi connectivity index (χ2v) is 14.6. The van der Waals surface area contributed by atoms with Crippen LogP contribution in [0.4, 0.5) is 17.2 Å². The van der Waals surface area contributed by atoms with E-state index in [-0.39, 0.29) is 0 Å². The highest BCUT2D eigenvalue weighted by Gasteiger charge is 2.29. The first-order valence-electron chi connectivity index (χ1n) is 18.6. The zero-order valence-corrected chi connectivity index (χ0v) is 31.0. The lowest BCUT2D eigenvalue weighted by molar-refractivity contribution is 1.06. The molecule has 0 fully saturated rings. The minimum absolute atomic E-state index is 0.538. The number of benzene rings is 7. The molecular formula is C50H33N5S. The van der Waals surface area contributed by atoms with Crippen LogP contribution in [0.3, 0.4) is 0 Å². The Balaban J connectivity index is 1.27. The number of fused-ring (bicyclic) bond motifs is 2. The van der Waals surface area contributed by atoms with Crippen molar-refractivity contribution in [1.82, 2.24) is 19.9 Å². The molecule has 0 saturated carbocycles. The van der Waals surface area contributed by atoms with Gasteiger partial charge in [-0.2, -0.15) is 0 Å². The number of hydrogen-bond donors (Lipinski definition) is 0. The maximum atomic E-state index is 5.41. The second kappa shape index (κ2) is 14.6. The van der Waals surface area contributed by atoms with E-state index in [1.165, 1.54) is 0 Å². The van der Waals surface area contributed by atoms with Gasteiger partial charge in [0.1, 0.15) is 5.82 Å². The Hall–Kier alpha value is -7.15. The first-order chi connectivity index (χ1) is 27.8. The Bertz CT molecular complexity index is 2730. The van der Waals surface area contributed by atoms with Gasteiger partial charge in [0.15, 0.2) is 17.5 Å². The fourth-order valence-electron chi connectivity index (χ4n) is 7.27. The highest BCUT2D eigenvalue weighted by atomic mass is 32.2. The largest absolute Gasteiger partial charge is 0.292 e. The third kappa shape index (κ3) is 6.32. The van der Waals surface area contributed by atoms with E-state index in [2.05, 4.69) is 138 Å². The number of hydrogen-bond acceptors (Lipinski definition) is 6. The molecule has 0 N–H and O–H groups in total. The van der Waals surface area contributed by atoms with E-state index in [0.29, 0.717) is 17.5 Å². The van der Waals surface area contributed by atoms with Gasteiger partial charge in [0, 0.05) is 32.7 Å². The predicted molar refractivity (Wildman–Crippen MR) is 229 cm³/mol. The summed E-state index contributed by atoms with van der Waals surface area (Å²) in [6.07, 6.45) is 2.00. The highest BCUT2D eigenvalue weighted by molar-refractivity contribution is 7.99. The van der Waals surface area contributed by atoms with Crippen LogP contribution in [-0.2, 0) is 0 Å². The van der Waals surface area contributed by atoms with Gasteiger partial charge in [-0.3, -0.25) is 4.90 Å². The van der Waals surface area contributed by atoms with Crippen LogP contribution in [0.5, 0.6) is 0 Å². The monoisotopic (exact) mass is 735 g/mol. The number of aromatic nitrogens is 4. The van der Waals surface area contributed by atoms with Crippen LogP contribution in [0.2, 0.25) is 0 Å². The van der Waals surface area contributed by atoms with Crippen LogP contribution in [-0.4, -0.2) is 19.9 Å². The maximum absolute atomic E-state index is 5.41. The Labute approximate surface area is 330 Å². The molecule has 0 aliphatic carbocycles. The Kier molecular flexibility index (Phi) is 8.71. The van der Waals surface area contributed by atoms with Crippen LogP contribution in [0.15, 0.2) is 210 Å². The van der Waals surface area contributed by atoms with Gasteiger partial charge in [-0.1, -0.05) is 169 Å². The predicted octanol–water partition coefficient (Wildman–Crippen LogP) is 13.2. The fourth-order valence-corrected chi connectivity index (χ4v) is 8.33. The lowest BCUT2D eigenvalue weighted by Crippen LogP contribution is -2.17. The van der Waals surface area contributed by atoms with Gasteiger partial charge < -0.3 is 0 Å². The summed E-state index contributed by atoms with van der Waals surface area (Å²) in [6, 6.07) is 67.2. The molecule has 7 aromatic carbocycles. The minimum atomic E-state index is 0.538. The van der Waals surface area contributed by atoms with Crippen molar-refractivity contribution in [3.8, 4) is 67.5 Å². The summed E-state index contributed by atoms with van der Waals surface area (Å²) in [5.74, 6) is 2.46. The van der Waals surface area contributed by atoms with Gasteiger partial charge in [0.25, 0.3) is 0 Å². The Morgan fingerprint density at radius 2 is 0.804 bits per heavy atom. The zero-order chi connectivity index (χ0) is 37.3. The molecule has 0 radical (unpaired) electrons. The molecule has 1 aliphatic heterocycles. The third-order valence-electron chi connectivity index (χ3n) is 9.97. The van der Waals surface area contributed by atoms with E-state index >= 15 is 0 Å². The second-order valence-electron chi connectivity index (χ2n) is 13.5. The third-order valence-corrected chi connectivity index (χ3v) is 11.1. The maximum Gasteiger partial charge on any atom is 0.167 e. The summed E-state index contributed by atoms with van der Waals surface area (Å²) in [6.45, 7) is 0. The van der Waals surface area contributed by atoms with Crippen molar-refractivity contribution in [1.29, 1.82) is 0 Å². The van der Waals surface area contributed by atoms with Crippen molar-refractivity contribution in [2.75, 3.05) is 4.90 Å². The quantitative estimate of drug-likeness (QED) is 0.162. The van der Waals surface area contributed by atoms with Gasteiger partial charge in [-0.15, -0.1) is 0 Å². The van der Waals surface area contributed by atoms with E-state index in [1.54, 1.807) is 11.8 Å². The molecule has 2 aromatic heterocycles. The van der Waals surface area contributed by atoms with Gasteiger partial charge >= 0.3 is 0 Å². The van der Waals surface area contributed by atoms with Crippen molar-refractivity contribution < 1.29 is 0 Å². The van der Waals surface area contributed by atoms with E-state index in [9.17, 15) is 0 Å². The van der Waals surface area contributed by atoms with E-state index in [0.717, 1.165) is 77.1 Å². The van der Waals surface area contributed by atoms with E-state index in [4.69, 9.17) is 19.9 Å². The van der Waals surface area contributed by atoms with Crippen LogP contribution < -0.4 is 4.90 Å². The van der Waals surface area contributed by atoms with Crippen molar-refractivity contribution in [3.63, 3.8) is 0 Å². The molecule has 9 aromatic rings. The molecule has 264 valence electrons. The molecule has 5 nitrogen and oxygen atoms in total. The Morgan fingerprint density at radius 3 is 1.38 bits per heavy atom. The molecule has 0 spiro atoms. The van der Waals surface area contributed by atoms with Crippen molar-refractivity contribution in [2.24, 2.45) is 0 Å². The van der Waals surface area contributed by atoms with Crippen LogP contribution in [0, 0.1) is 0 Å². The van der Waals surface area contributed by atoms with Gasteiger partial charge in [-0.05, 0) is 64.2 Å². The molecule has 3 heterocycles. The Morgan fingerprint density at radius 1 is 0.339 bits per heavy atom. The summed E-state index contributed by atoms with van der Waals surface area (Å²) >= 11 is 1.77. The van der Waals surface area contributed by atoms with Crippen molar-refractivity contribution in [3.05, 3.63) is 200 Å². The molecule has 0 saturated heterocycles. The van der Waals surface area contributed by atoms with Crippen molar-refractivity contribution >= 4 is 29.0 Å². The first-order valence-corrected chi connectivity index (χ1v) is 19.4. The average Bonchev–Trinajstić information content (AvgIpc) is 3.29. The molecule has 1 aliphatic rings. The molecule has 0 atom stereocenters. The summed E-state index contributed by atoms with van der Waals surface area (Å²) in [5.41, 5.74) is 11.2. The van der Waals surface area contributed by atoms with Crippen molar-refractivity contribution in [2.45, 2.75) is 9.79 Å². The minimum Gasteiger partial charge on any atom is -0.292 e. The SMILES string of the molecule is c1ccc(-c2ccc(-c3ccccc3)c(-c3cnc(N4c5ccccc5Sc5ccccc54)c(-c4nc(-c5ccccc5)nc(-c5ccccc5)n4)c3)c2)cc1. The summed E-state index contributed by atoms with van der Waals surface area (Å²) in [7, 11) is 0. The normalized spacial score (nSPS) is 11.8. The number of anilines is 3. The fraction of sp³-hybridized carbons (Fsp3) is 0. The molecular weight excluding hydrogens is 703 g/mol. The highest BCUT2D eigenvalue weighted by Crippen LogP contribution is 2.52. The summed E-state index contributed by atoms with van der Waals surface area (Å²) < 4.78 is 0. The molecule has 6 heteroatoms. The molecule has 0 bridgehead atoms. The van der Waals surface area contributed by atoms with Crippen LogP contribution >= 0.6 is 11.8 Å². The standard InChI is InChI=1S/C50H33N5S/c1-5-17-34(18-6-1)38-29-30-40(35-19-7-2-8-20-35)41(31-38)39-32-42(49-53-47(36-21-9-3-10-22-36)52-48(54-49)37-23-11-4-12-24-37)50(51-33-39)55-43-25-13-15-27-45(43)56-46-28-16-14-26-44(46)55/h1-33H. The number of rotatable bonds is 7. The lowest BCUT2D eigenvalue weighted by Gasteiger charge is -2.33. The molecule has 0 amide bonds. The van der Waals surface area contributed by atoms with Crippen LogP contribution in [0.1, 0.15) is 0 Å². The van der Waals surface area contributed by atoms with Gasteiger partial charge in [0.2, 0.25) is 0 Å². The van der Waals surface area contributed by atoms with Crippen LogP contribution in [0.25, 0.3) is 67.5 Å². The first kappa shape index (κ1) is 33.4. The topological polar surface area (TPSA) is 54.8 Å². The van der Waals surface area contributed by atoms with E-state index in [1.807, 2.05) is 66.9 Å². The average molecular weight is 736 g/mol.